The van der Waals surface area contributed by atoms with E-state index in [1.807, 2.05) is 42.5 Å². The smallest absolute Gasteiger partial charge is 0.119 e. The molecule has 3 rings (SSSR count). The first-order chi connectivity index (χ1) is 10.3. The van der Waals surface area contributed by atoms with Crippen molar-refractivity contribution < 1.29 is 4.74 Å². The number of aromatic nitrogens is 1. The van der Waals surface area contributed by atoms with Crippen LogP contribution in [-0.2, 0) is 0 Å². The fourth-order valence-corrected chi connectivity index (χ4v) is 2.34. The van der Waals surface area contributed by atoms with Gasteiger partial charge in [-0.25, -0.2) is 4.98 Å². The third kappa shape index (κ3) is 2.95. The summed E-state index contributed by atoms with van der Waals surface area (Å²) in [5.74, 6) is 0.867. The Morgan fingerprint density at radius 3 is 2.71 bits per heavy atom. The Kier molecular flexibility index (Phi) is 3.69. The van der Waals surface area contributed by atoms with Crippen LogP contribution in [0.2, 0.25) is 0 Å². The monoisotopic (exact) mass is 275 g/mol. The average Bonchev–Trinajstić information content (AvgIpc) is 2.54. The van der Waals surface area contributed by atoms with E-state index in [0.29, 0.717) is 0 Å². The third-order valence-electron chi connectivity index (χ3n) is 3.51. The number of benzene rings is 2. The van der Waals surface area contributed by atoms with Gasteiger partial charge in [0.25, 0.3) is 0 Å². The van der Waals surface area contributed by atoms with E-state index in [2.05, 4.69) is 36.2 Å². The van der Waals surface area contributed by atoms with Crippen molar-refractivity contribution in [2.45, 2.75) is 6.92 Å². The van der Waals surface area contributed by atoms with Crippen LogP contribution in [0.4, 0.5) is 0 Å². The summed E-state index contributed by atoms with van der Waals surface area (Å²) in [6.45, 7) is 2.09. The van der Waals surface area contributed by atoms with Gasteiger partial charge in [0.05, 0.1) is 18.3 Å². The molecular weight excluding hydrogens is 258 g/mol. The number of allylic oxidation sites excluding steroid dienone is 1. The number of ether oxygens (including phenoxy) is 1. The lowest BCUT2D eigenvalue weighted by Crippen LogP contribution is -1.87. The Hall–Kier alpha value is -2.61. The molecule has 0 amide bonds. The summed E-state index contributed by atoms with van der Waals surface area (Å²) < 4.78 is 5.27. The second-order valence-electron chi connectivity index (χ2n) is 4.99. The Morgan fingerprint density at radius 1 is 1.00 bits per heavy atom. The van der Waals surface area contributed by atoms with Crippen LogP contribution >= 0.6 is 0 Å². The number of hydrogen-bond acceptors (Lipinski definition) is 2. The lowest BCUT2D eigenvalue weighted by Gasteiger charge is -2.05. The quantitative estimate of drug-likeness (QED) is 0.684. The molecule has 2 aromatic carbocycles. The van der Waals surface area contributed by atoms with Crippen LogP contribution in [0.5, 0.6) is 5.75 Å². The van der Waals surface area contributed by atoms with E-state index in [1.165, 1.54) is 0 Å². The van der Waals surface area contributed by atoms with Gasteiger partial charge in [-0.3, -0.25) is 0 Å². The fourth-order valence-electron chi connectivity index (χ4n) is 2.34. The van der Waals surface area contributed by atoms with Gasteiger partial charge in [-0.05, 0) is 48.4 Å². The van der Waals surface area contributed by atoms with Gasteiger partial charge in [0.1, 0.15) is 5.75 Å². The van der Waals surface area contributed by atoms with E-state index in [9.17, 15) is 0 Å². The number of para-hydroxylation sites is 1. The van der Waals surface area contributed by atoms with Crippen molar-refractivity contribution >= 4 is 22.6 Å². The molecule has 0 fully saturated rings. The van der Waals surface area contributed by atoms with Crippen LogP contribution in [0.3, 0.4) is 0 Å². The number of pyridine rings is 1. The summed E-state index contributed by atoms with van der Waals surface area (Å²) in [5, 5.41) is 1.16. The highest BCUT2D eigenvalue weighted by Gasteiger charge is 2.00. The zero-order chi connectivity index (χ0) is 14.7. The van der Waals surface area contributed by atoms with Crippen molar-refractivity contribution in [2.24, 2.45) is 0 Å². The molecule has 0 aliphatic rings. The first kappa shape index (κ1) is 13.4. The largest absolute Gasteiger partial charge is 0.497 e. The molecule has 0 saturated carbocycles. The highest BCUT2D eigenvalue weighted by molar-refractivity contribution is 5.83. The summed E-state index contributed by atoms with van der Waals surface area (Å²) in [6, 6.07) is 20.4. The molecular formula is C19H17NO. The molecule has 3 aromatic rings. The summed E-state index contributed by atoms with van der Waals surface area (Å²) in [5.41, 5.74) is 4.29. The van der Waals surface area contributed by atoms with Gasteiger partial charge in [-0.1, -0.05) is 36.4 Å². The maximum absolute atomic E-state index is 5.27. The zero-order valence-electron chi connectivity index (χ0n) is 12.2. The van der Waals surface area contributed by atoms with E-state index in [4.69, 9.17) is 4.74 Å². The number of nitrogens with zero attached hydrogens (tertiary/aromatic N) is 1. The van der Waals surface area contributed by atoms with Crippen LogP contribution < -0.4 is 4.74 Å². The van der Waals surface area contributed by atoms with Gasteiger partial charge < -0.3 is 4.74 Å². The van der Waals surface area contributed by atoms with Gasteiger partial charge in [0.15, 0.2) is 0 Å². The molecule has 104 valence electrons. The first-order valence-electron chi connectivity index (χ1n) is 6.95. The minimum Gasteiger partial charge on any atom is -0.497 e. The molecule has 2 heteroatoms. The zero-order valence-corrected chi connectivity index (χ0v) is 12.2. The van der Waals surface area contributed by atoms with Crippen LogP contribution in [0.1, 0.15) is 18.2 Å². The molecule has 0 radical (unpaired) electrons. The molecule has 0 atom stereocenters. The van der Waals surface area contributed by atoms with Gasteiger partial charge in [0.2, 0.25) is 0 Å². The maximum atomic E-state index is 5.27. The highest BCUT2D eigenvalue weighted by atomic mass is 16.5. The molecule has 0 unspecified atom stereocenters. The minimum atomic E-state index is 0.867. The summed E-state index contributed by atoms with van der Waals surface area (Å²) in [6.07, 6.45) is 2.10. The van der Waals surface area contributed by atoms with Gasteiger partial charge in [0, 0.05) is 5.39 Å². The van der Waals surface area contributed by atoms with Gasteiger partial charge in [-0.2, -0.15) is 0 Å². The molecule has 0 spiro atoms. The van der Waals surface area contributed by atoms with E-state index >= 15 is 0 Å². The number of fused-ring (bicyclic) bond motifs is 1. The van der Waals surface area contributed by atoms with Crippen molar-refractivity contribution in [3.05, 3.63) is 71.9 Å². The minimum absolute atomic E-state index is 0.867. The van der Waals surface area contributed by atoms with Crippen molar-refractivity contribution in [3.63, 3.8) is 0 Å². The van der Waals surface area contributed by atoms with Crippen LogP contribution in [0.25, 0.3) is 22.6 Å². The number of hydrogen-bond donors (Lipinski definition) is 0. The molecule has 0 saturated heterocycles. The SMILES string of the molecule is COc1cccc(C(C)=Cc2ccc3ccccc3n2)c1. The molecule has 1 heterocycles. The van der Waals surface area contributed by atoms with Gasteiger partial charge >= 0.3 is 0 Å². The molecule has 0 aliphatic heterocycles. The fraction of sp³-hybridized carbons (Fsp3) is 0.105. The Balaban J connectivity index is 1.98. The van der Waals surface area contributed by atoms with Crippen molar-refractivity contribution in [3.8, 4) is 5.75 Å². The Morgan fingerprint density at radius 2 is 1.86 bits per heavy atom. The second-order valence-corrected chi connectivity index (χ2v) is 4.99. The summed E-state index contributed by atoms with van der Waals surface area (Å²) >= 11 is 0. The van der Waals surface area contributed by atoms with E-state index in [0.717, 1.165) is 33.5 Å². The summed E-state index contributed by atoms with van der Waals surface area (Å²) in [7, 11) is 1.68. The number of methoxy groups -OCH3 is 1. The van der Waals surface area contributed by atoms with E-state index in [-0.39, 0.29) is 0 Å². The van der Waals surface area contributed by atoms with Crippen molar-refractivity contribution in [2.75, 3.05) is 7.11 Å². The standard InChI is InChI=1S/C19H17NO/c1-14(16-7-5-8-18(13-16)21-2)12-17-11-10-15-6-3-4-9-19(15)20-17/h3-13H,1-2H3. The second kappa shape index (κ2) is 5.80. The predicted octanol–water partition coefficient (Wildman–Crippen LogP) is 4.80. The molecule has 21 heavy (non-hydrogen) atoms. The Labute approximate surface area is 124 Å². The normalized spacial score (nSPS) is 11.6. The average molecular weight is 275 g/mol. The first-order valence-corrected chi connectivity index (χ1v) is 6.95. The maximum Gasteiger partial charge on any atom is 0.119 e. The molecule has 0 bridgehead atoms. The highest BCUT2D eigenvalue weighted by Crippen LogP contribution is 2.22. The van der Waals surface area contributed by atoms with Crippen LogP contribution in [-0.4, -0.2) is 12.1 Å². The van der Waals surface area contributed by atoms with E-state index in [1.54, 1.807) is 7.11 Å². The molecule has 0 aliphatic carbocycles. The lowest BCUT2D eigenvalue weighted by atomic mass is 10.1. The summed E-state index contributed by atoms with van der Waals surface area (Å²) in [4.78, 5) is 4.68. The topological polar surface area (TPSA) is 22.1 Å². The van der Waals surface area contributed by atoms with Crippen LogP contribution in [0, 0.1) is 0 Å². The van der Waals surface area contributed by atoms with Crippen molar-refractivity contribution in [1.29, 1.82) is 0 Å². The predicted molar refractivity (Wildman–Crippen MR) is 88.3 cm³/mol. The number of rotatable bonds is 3. The van der Waals surface area contributed by atoms with E-state index < -0.39 is 0 Å². The van der Waals surface area contributed by atoms with Gasteiger partial charge in [-0.15, -0.1) is 0 Å². The van der Waals surface area contributed by atoms with Crippen molar-refractivity contribution in [1.82, 2.24) is 4.98 Å². The molecule has 0 N–H and O–H groups in total. The van der Waals surface area contributed by atoms with Crippen LogP contribution in [0.15, 0.2) is 60.7 Å². The molecule has 1 aromatic heterocycles. The molecule has 2 nitrogen and oxygen atoms in total. The lowest BCUT2D eigenvalue weighted by molar-refractivity contribution is 0.414. The Bertz CT molecular complexity index is 805. The third-order valence-corrected chi connectivity index (χ3v) is 3.51.